The fourth-order valence-electron chi connectivity index (χ4n) is 4.71. The number of likely N-dealkylation sites (N-methyl/N-ethyl adjacent to an activating group) is 1. The van der Waals surface area contributed by atoms with E-state index in [0.717, 1.165) is 5.69 Å². The van der Waals surface area contributed by atoms with Crippen LogP contribution in [0.5, 0.6) is 0 Å². The van der Waals surface area contributed by atoms with Crippen molar-refractivity contribution in [1.29, 1.82) is 0 Å². The number of hydrogen-bond donors (Lipinski definition) is 0. The number of nitrogens with zero attached hydrogens (tertiary/aromatic N) is 4. The van der Waals surface area contributed by atoms with Gasteiger partial charge >= 0.3 is 0 Å². The molecule has 2 aromatic rings. The van der Waals surface area contributed by atoms with E-state index in [0.29, 0.717) is 6.04 Å². The Hall–Kier alpha value is -1.42. The van der Waals surface area contributed by atoms with Gasteiger partial charge < -0.3 is 4.90 Å². The third-order valence-electron chi connectivity index (χ3n) is 5.86. The number of aromatic nitrogens is 3. The van der Waals surface area contributed by atoms with E-state index in [-0.39, 0.29) is 5.41 Å². The van der Waals surface area contributed by atoms with Crippen molar-refractivity contribution in [3.8, 4) is 0 Å². The molecule has 2 aliphatic rings. The van der Waals surface area contributed by atoms with Crippen LogP contribution in [0.4, 0.5) is 0 Å². The van der Waals surface area contributed by atoms with E-state index in [1.54, 1.807) is 0 Å². The minimum Gasteiger partial charge on any atom is -0.302 e. The molecule has 1 aliphatic heterocycles. The number of likely N-dealkylation sites (tertiary alicyclic amines) is 1. The van der Waals surface area contributed by atoms with Crippen LogP contribution in [-0.2, 0) is 12.5 Å². The molecule has 4 rings (SSSR count). The topological polar surface area (TPSA) is 34.0 Å². The Morgan fingerprint density at radius 1 is 1.24 bits per heavy atom. The second kappa shape index (κ2) is 4.54. The number of hydrogen-bond acceptors (Lipinski definition) is 3. The Kier molecular flexibility index (Phi) is 2.86. The summed E-state index contributed by atoms with van der Waals surface area (Å²) in [6, 6.07) is 2.98. The molecule has 0 spiro atoms. The van der Waals surface area contributed by atoms with Gasteiger partial charge in [-0.15, -0.1) is 0 Å². The Bertz CT molecular complexity index is 685. The van der Waals surface area contributed by atoms with Crippen LogP contribution in [0.15, 0.2) is 12.3 Å². The van der Waals surface area contributed by atoms with E-state index in [1.807, 2.05) is 17.9 Å². The van der Waals surface area contributed by atoms with Gasteiger partial charge in [-0.1, -0.05) is 12.8 Å². The zero-order valence-corrected chi connectivity index (χ0v) is 13.3. The van der Waals surface area contributed by atoms with Gasteiger partial charge in [0.1, 0.15) is 0 Å². The van der Waals surface area contributed by atoms with E-state index >= 15 is 0 Å². The normalized spacial score (nSPS) is 30.0. The molecule has 0 aromatic carbocycles. The van der Waals surface area contributed by atoms with Crippen LogP contribution in [0.2, 0.25) is 0 Å². The summed E-state index contributed by atoms with van der Waals surface area (Å²) < 4.78 is 2.00. The van der Waals surface area contributed by atoms with Crippen molar-refractivity contribution in [1.82, 2.24) is 19.7 Å². The molecule has 2 atom stereocenters. The molecule has 2 fully saturated rings. The minimum atomic E-state index is 0.277. The molecule has 1 saturated carbocycles. The monoisotopic (exact) mass is 284 g/mol. The summed E-state index contributed by atoms with van der Waals surface area (Å²) in [7, 11) is 4.32. The maximum absolute atomic E-state index is 4.89. The molecule has 0 radical (unpaired) electrons. The van der Waals surface area contributed by atoms with Crippen LogP contribution in [0, 0.1) is 6.92 Å². The van der Waals surface area contributed by atoms with Crippen LogP contribution in [0.3, 0.4) is 0 Å². The molecule has 0 amide bonds. The maximum Gasteiger partial charge on any atom is 0.0715 e. The predicted octanol–water partition coefficient (Wildman–Crippen LogP) is 2.79. The highest BCUT2D eigenvalue weighted by Crippen LogP contribution is 2.48. The molecule has 0 bridgehead atoms. The van der Waals surface area contributed by atoms with Gasteiger partial charge in [0.15, 0.2) is 0 Å². The smallest absolute Gasteiger partial charge is 0.0715 e. The molecule has 112 valence electrons. The van der Waals surface area contributed by atoms with E-state index in [1.165, 1.54) is 55.2 Å². The zero-order valence-electron chi connectivity index (χ0n) is 13.3. The highest BCUT2D eigenvalue weighted by molar-refractivity contribution is 5.81. The van der Waals surface area contributed by atoms with Crippen molar-refractivity contribution in [2.24, 2.45) is 7.05 Å². The lowest BCUT2D eigenvalue weighted by atomic mass is 9.68. The molecule has 3 heterocycles. The van der Waals surface area contributed by atoms with E-state index in [9.17, 15) is 0 Å². The molecule has 2 aromatic heterocycles. The third-order valence-corrected chi connectivity index (χ3v) is 5.86. The summed E-state index contributed by atoms with van der Waals surface area (Å²) in [5.74, 6) is 0. The van der Waals surface area contributed by atoms with E-state index < -0.39 is 0 Å². The first-order valence-electron chi connectivity index (χ1n) is 8.12. The van der Waals surface area contributed by atoms with Crippen LogP contribution >= 0.6 is 0 Å². The highest BCUT2D eigenvalue weighted by atomic mass is 15.3. The predicted molar refractivity (Wildman–Crippen MR) is 84.4 cm³/mol. The quantitative estimate of drug-likeness (QED) is 0.807. The molecule has 1 saturated heterocycles. The molecular formula is C17H24N4. The molecular weight excluding hydrogens is 260 g/mol. The molecule has 21 heavy (non-hydrogen) atoms. The molecule has 0 unspecified atom stereocenters. The van der Waals surface area contributed by atoms with Gasteiger partial charge in [-0.3, -0.25) is 9.67 Å². The standard InChI is InChI=1S/C17H24N4/c1-12-13-11-18-15(10-14(13)21(3)19-12)17-7-5-4-6-16(17)20(2)9-8-17/h10-11,16H,4-9H2,1-3H3/t16-,17-/m0/s1. The summed E-state index contributed by atoms with van der Waals surface area (Å²) in [6.07, 6.45) is 8.62. The average molecular weight is 284 g/mol. The Labute approximate surface area is 126 Å². The second-order valence-electron chi connectivity index (χ2n) is 6.94. The summed E-state index contributed by atoms with van der Waals surface area (Å²) in [6.45, 7) is 3.27. The minimum absolute atomic E-state index is 0.277. The van der Waals surface area contributed by atoms with Gasteiger partial charge in [0.05, 0.1) is 16.9 Å². The summed E-state index contributed by atoms with van der Waals surface area (Å²) in [5.41, 5.74) is 3.88. The van der Waals surface area contributed by atoms with Gasteiger partial charge in [-0.05, 0) is 45.8 Å². The first-order chi connectivity index (χ1) is 10.1. The largest absolute Gasteiger partial charge is 0.302 e. The van der Waals surface area contributed by atoms with Gasteiger partial charge in [0.2, 0.25) is 0 Å². The average Bonchev–Trinajstić information content (AvgIpc) is 2.99. The summed E-state index contributed by atoms with van der Waals surface area (Å²) >= 11 is 0. The second-order valence-corrected chi connectivity index (χ2v) is 6.94. The Balaban J connectivity index is 1.86. The van der Waals surface area contributed by atoms with Gasteiger partial charge in [0.25, 0.3) is 0 Å². The molecule has 1 aliphatic carbocycles. The van der Waals surface area contributed by atoms with Crippen LogP contribution in [0.25, 0.3) is 10.9 Å². The Morgan fingerprint density at radius 2 is 2.10 bits per heavy atom. The van der Waals surface area contributed by atoms with Crippen molar-refractivity contribution in [2.75, 3.05) is 13.6 Å². The van der Waals surface area contributed by atoms with E-state index in [4.69, 9.17) is 4.98 Å². The lowest BCUT2D eigenvalue weighted by Crippen LogP contribution is -2.44. The number of fused-ring (bicyclic) bond motifs is 2. The summed E-state index contributed by atoms with van der Waals surface area (Å²) in [4.78, 5) is 7.45. The van der Waals surface area contributed by atoms with Crippen LogP contribution in [-0.4, -0.2) is 39.3 Å². The highest BCUT2D eigenvalue weighted by Gasteiger charge is 2.49. The van der Waals surface area contributed by atoms with Crippen molar-refractivity contribution in [3.63, 3.8) is 0 Å². The van der Waals surface area contributed by atoms with Gasteiger partial charge in [0, 0.05) is 30.1 Å². The van der Waals surface area contributed by atoms with Crippen LogP contribution in [0.1, 0.15) is 43.5 Å². The van der Waals surface area contributed by atoms with Crippen molar-refractivity contribution >= 4 is 10.9 Å². The van der Waals surface area contributed by atoms with Gasteiger partial charge in [-0.2, -0.15) is 5.10 Å². The number of rotatable bonds is 1. The fourth-order valence-corrected chi connectivity index (χ4v) is 4.71. The zero-order chi connectivity index (χ0) is 14.6. The van der Waals surface area contributed by atoms with Crippen LogP contribution < -0.4 is 0 Å². The number of aryl methyl sites for hydroxylation is 2. The Morgan fingerprint density at radius 3 is 2.95 bits per heavy atom. The van der Waals surface area contributed by atoms with Crippen molar-refractivity contribution in [2.45, 2.75) is 50.5 Å². The molecule has 4 nitrogen and oxygen atoms in total. The third kappa shape index (κ3) is 1.78. The summed E-state index contributed by atoms with van der Waals surface area (Å²) in [5, 5.41) is 5.73. The lowest BCUT2D eigenvalue weighted by molar-refractivity contribution is 0.178. The maximum atomic E-state index is 4.89. The van der Waals surface area contributed by atoms with E-state index in [2.05, 4.69) is 30.0 Å². The van der Waals surface area contributed by atoms with Gasteiger partial charge in [-0.25, -0.2) is 0 Å². The first kappa shape index (κ1) is 13.3. The fraction of sp³-hybridized carbons (Fsp3) is 0.647. The lowest BCUT2D eigenvalue weighted by Gasteiger charge is -2.40. The van der Waals surface area contributed by atoms with Crippen molar-refractivity contribution in [3.05, 3.63) is 23.7 Å². The number of pyridine rings is 1. The molecule has 4 heteroatoms. The first-order valence-corrected chi connectivity index (χ1v) is 8.12. The SMILES string of the molecule is Cc1nn(C)c2cc([C@@]34CCCC[C@@H]3N(C)CC4)ncc12. The molecule has 0 N–H and O–H groups in total. The van der Waals surface area contributed by atoms with Crippen molar-refractivity contribution < 1.29 is 0 Å².